The lowest BCUT2D eigenvalue weighted by molar-refractivity contribution is -0.123. The molecule has 5 nitrogen and oxygen atoms in total. The molecule has 128 valence electrons. The molecule has 3 amide bonds. The van der Waals surface area contributed by atoms with Crippen LogP contribution in [0.1, 0.15) is 12.5 Å². The zero-order valence-electron chi connectivity index (χ0n) is 13.9. The van der Waals surface area contributed by atoms with E-state index in [1.807, 2.05) is 61.5 Å². The molecule has 4 rings (SSSR count). The lowest BCUT2D eigenvalue weighted by Crippen LogP contribution is -2.51. The number of rotatable bonds is 2. The van der Waals surface area contributed by atoms with Crippen LogP contribution in [0, 0.1) is 0 Å². The Hall–Kier alpha value is -2.47. The van der Waals surface area contributed by atoms with Crippen molar-refractivity contribution in [1.29, 1.82) is 0 Å². The fourth-order valence-electron chi connectivity index (χ4n) is 3.59. The number of thioether (sulfide) groups is 1. The van der Waals surface area contributed by atoms with Crippen LogP contribution < -0.4 is 10.2 Å². The van der Waals surface area contributed by atoms with Crippen molar-refractivity contribution in [1.82, 2.24) is 4.90 Å². The molecule has 1 atom stereocenters. The second-order valence-corrected chi connectivity index (χ2v) is 7.29. The highest BCUT2D eigenvalue weighted by Gasteiger charge is 2.59. The maximum Gasteiger partial charge on any atom is 0.323 e. The Morgan fingerprint density at radius 1 is 1.16 bits per heavy atom. The van der Waals surface area contributed by atoms with Crippen molar-refractivity contribution in [2.75, 3.05) is 29.1 Å². The molecule has 2 aromatic carbocycles. The summed E-state index contributed by atoms with van der Waals surface area (Å²) in [6.45, 7) is 3.09. The Morgan fingerprint density at radius 3 is 2.64 bits per heavy atom. The standard InChI is InChI=1S/C19H19N3O2S/c1-2-21-16-11-7-6-10-15(16)19(17(21)23)22(12-13-25-19)18(24)20-14-8-4-3-5-9-14/h3-11H,2,12-13H2,1H3,(H,20,24). The summed E-state index contributed by atoms with van der Waals surface area (Å²) in [6.07, 6.45) is 0. The van der Waals surface area contributed by atoms with Gasteiger partial charge < -0.3 is 10.2 Å². The van der Waals surface area contributed by atoms with Crippen LogP contribution in [0.25, 0.3) is 0 Å². The molecular weight excluding hydrogens is 334 g/mol. The minimum atomic E-state index is -0.953. The number of benzene rings is 2. The Kier molecular flexibility index (Phi) is 3.92. The number of carbonyl (C=O) groups is 2. The second kappa shape index (κ2) is 6.11. The molecule has 2 aliphatic rings. The first-order valence-electron chi connectivity index (χ1n) is 8.37. The van der Waals surface area contributed by atoms with Crippen molar-refractivity contribution in [2.24, 2.45) is 0 Å². The van der Waals surface area contributed by atoms with Crippen LogP contribution in [0.15, 0.2) is 54.6 Å². The van der Waals surface area contributed by atoms with Crippen LogP contribution >= 0.6 is 11.8 Å². The number of hydrogen-bond donors (Lipinski definition) is 1. The molecule has 2 aromatic rings. The summed E-state index contributed by atoms with van der Waals surface area (Å²) in [7, 11) is 0. The molecule has 1 spiro atoms. The van der Waals surface area contributed by atoms with E-state index in [-0.39, 0.29) is 11.9 Å². The third-order valence-electron chi connectivity index (χ3n) is 4.69. The van der Waals surface area contributed by atoms with Crippen LogP contribution in [0.3, 0.4) is 0 Å². The van der Waals surface area contributed by atoms with Crippen molar-refractivity contribution in [2.45, 2.75) is 11.8 Å². The summed E-state index contributed by atoms with van der Waals surface area (Å²) >= 11 is 1.54. The molecule has 0 saturated carbocycles. The lowest BCUT2D eigenvalue weighted by atomic mass is 10.1. The number of nitrogens with one attached hydrogen (secondary N) is 1. The number of likely N-dealkylation sites (N-methyl/N-ethyl adjacent to an activating group) is 1. The van der Waals surface area contributed by atoms with Crippen molar-refractivity contribution in [3.8, 4) is 0 Å². The average molecular weight is 353 g/mol. The third kappa shape index (κ3) is 2.32. The summed E-state index contributed by atoms with van der Waals surface area (Å²) in [6, 6.07) is 16.9. The van der Waals surface area contributed by atoms with Gasteiger partial charge in [-0.15, -0.1) is 11.8 Å². The SMILES string of the molecule is CCN1C(=O)C2(SCCN2C(=O)Nc2ccccc2)c2ccccc21. The van der Waals surface area contributed by atoms with Gasteiger partial charge in [0.05, 0.1) is 5.69 Å². The first-order valence-corrected chi connectivity index (χ1v) is 9.36. The molecule has 0 aliphatic carbocycles. The monoisotopic (exact) mass is 353 g/mol. The van der Waals surface area contributed by atoms with E-state index in [0.29, 0.717) is 13.1 Å². The summed E-state index contributed by atoms with van der Waals surface area (Å²) < 4.78 is 0. The number of para-hydroxylation sites is 2. The quantitative estimate of drug-likeness (QED) is 0.899. The van der Waals surface area contributed by atoms with Gasteiger partial charge in [-0.3, -0.25) is 9.69 Å². The number of amides is 3. The predicted octanol–water partition coefficient (Wildman–Crippen LogP) is 3.49. The van der Waals surface area contributed by atoms with E-state index in [1.165, 1.54) is 0 Å². The highest BCUT2D eigenvalue weighted by molar-refractivity contribution is 8.01. The Bertz CT molecular complexity index is 826. The van der Waals surface area contributed by atoms with Gasteiger partial charge in [0.2, 0.25) is 0 Å². The molecular formula is C19H19N3O2S. The molecule has 1 fully saturated rings. The minimum absolute atomic E-state index is 0.0260. The maximum absolute atomic E-state index is 13.3. The zero-order chi connectivity index (χ0) is 17.4. The molecule has 0 bridgehead atoms. The molecule has 0 aromatic heterocycles. The van der Waals surface area contributed by atoms with E-state index in [2.05, 4.69) is 5.32 Å². The largest absolute Gasteiger partial charge is 0.323 e. The van der Waals surface area contributed by atoms with E-state index in [1.54, 1.807) is 21.6 Å². The predicted molar refractivity (Wildman–Crippen MR) is 101 cm³/mol. The number of fused-ring (bicyclic) bond motifs is 2. The molecule has 2 aliphatic heterocycles. The van der Waals surface area contributed by atoms with Crippen molar-refractivity contribution < 1.29 is 9.59 Å². The van der Waals surface area contributed by atoms with E-state index < -0.39 is 4.87 Å². The van der Waals surface area contributed by atoms with Crippen LogP contribution in [-0.4, -0.2) is 35.7 Å². The van der Waals surface area contributed by atoms with Crippen molar-refractivity contribution in [3.63, 3.8) is 0 Å². The van der Waals surface area contributed by atoms with Gasteiger partial charge in [0, 0.05) is 30.1 Å². The summed E-state index contributed by atoms with van der Waals surface area (Å²) in [5, 5.41) is 2.92. The zero-order valence-corrected chi connectivity index (χ0v) is 14.8. The summed E-state index contributed by atoms with van der Waals surface area (Å²) in [5.74, 6) is 0.710. The van der Waals surface area contributed by atoms with Gasteiger partial charge in [0.1, 0.15) is 0 Å². The lowest BCUT2D eigenvalue weighted by Gasteiger charge is -2.33. The van der Waals surface area contributed by atoms with Gasteiger partial charge in [0.15, 0.2) is 4.87 Å². The van der Waals surface area contributed by atoms with Crippen LogP contribution in [-0.2, 0) is 9.67 Å². The van der Waals surface area contributed by atoms with Crippen LogP contribution in [0.2, 0.25) is 0 Å². The fourth-order valence-corrected chi connectivity index (χ4v) is 5.06. The molecule has 25 heavy (non-hydrogen) atoms. The fraction of sp³-hybridized carbons (Fsp3) is 0.263. The van der Waals surface area contributed by atoms with Crippen molar-refractivity contribution >= 4 is 35.1 Å². The van der Waals surface area contributed by atoms with Gasteiger partial charge in [-0.05, 0) is 25.1 Å². The third-order valence-corrected chi connectivity index (χ3v) is 6.11. The molecule has 1 saturated heterocycles. The summed E-state index contributed by atoms with van der Waals surface area (Å²) in [5.41, 5.74) is 2.54. The second-order valence-electron chi connectivity index (χ2n) is 6.01. The van der Waals surface area contributed by atoms with E-state index in [9.17, 15) is 9.59 Å². The summed E-state index contributed by atoms with van der Waals surface area (Å²) in [4.78, 5) is 28.7. The molecule has 0 radical (unpaired) electrons. The number of hydrogen-bond acceptors (Lipinski definition) is 3. The number of urea groups is 1. The van der Waals surface area contributed by atoms with Gasteiger partial charge in [-0.25, -0.2) is 4.79 Å². The molecule has 1 unspecified atom stereocenters. The van der Waals surface area contributed by atoms with Gasteiger partial charge in [-0.1, -0.05) is 36.4 Å². The highest BCUT2D eigenvalue weighted by Crippen LogP contribution is 2.53. The van der Waals surface area contributed by atoms with E-state index in [4.69, 9.17) is 0 Å². The normalized spacial score (nSPS) is 21.7. The minimum Gasteiger partial charge on any atom is -0.309 e. The van der Waals surface area contributed by atoms with Crippen LogP contribution in [0.5, 0.6) is 0 Å². The van der Waals surface area contributed by atoms with Crippen LogP contribution in [0.4, 0.5) is 16.2 Å². The van der Waals surface area contributed by atoms with E-state index in [0.717, 1.165) is 22.7 Å². The molecule has 2 heterocycles. The molecule has 6 heteroatoms. The molecule has 1 N–H and O–H groups in total. The Labute approximate surface area is 151 Å². The number of carbonyl (C=O) groups excluding carboxylic acids is 2. The maximum atomic E-state index is 13.3. The van der Waals surface area contributed by atoms with Crippen molar-refractivity contribution in [3.05, 3.63) is 60.2 Å². The number of nitrogens with zero attached hydrogens (tertiary/aromatic N) is 2. The Morgan fingerprint density at radius 2 is 1.88 bits per heavy atom. The number of anilines is 2. The van der Waals surface area contributed by atoms with Gasteiger partial charge in [0.25, 0.3) is 5.91 Å². The van der Waals surface area contributed by atoms with E-state index >= 15 is 0 Å². The average Bonchev–Trinajstić information content (AvgIpc) is 3.18. The highest BCUT2D eigenvalue weighted by atomic mass is 32.2. The smallest absolute Gasteiger partial charge is 0.309 e. The topological polar surface area (TPSA) is 52.7 Å². The first kappa shape index (κ1) is 16.0. The van der Waals surface area contributed by atoms with Gasteiger partial charge >= 0.3 is 6.03 Å². The Balaban J connectivity index is 1.73. The van der Waals surface area contributed by atoms with Gasteiger partial charge in [-0.2, -0.15) is 0 Å². The first-order chi connectivity index (χ1) is 12.2.